The number of nitrogens with zero attached hydrogens (tertiary/aromatic N) is 1. The molecule has 0 radical (unpaired) electrons. The Hall–Kier alpha value is -2.63. The first-order valence-electron chi connectivity index (χ1n) is 6.35. The number of anilines is 1. The summed E-state index contributed by atoms with van der Waals surface area (Å²) in [4.78, 5) is 10.00. The molecule has 6 heteroatoms. The molecule has 0 aromatic heterocycles. The van der Waals surface area contributed by atoms with Gasteiger partial charge in [0.25, 0.3) is 0 Å². The predicted octanol–water partition coefficient (Wildman–Crippen LogP) is 3.92. The first kappa shape index (κ1) is 14.8. The fourth-order valence-electron chi connectivity index (χ4n) is 1.99. The third-order valence-corrected chi connectivity index (χ3v) is 3.12. The van der Waals surface area contributed by atoms with Gasteiger partial charge in [0, 0.05) is 17.8 Å². The van der Waals surface area contributed by atoms with Crippen LogP contribution in [0.2, 0.25) is 0 Å². The Labute approximate surface area is 121 Å². The van der Waals surface area contributed by atoms with Gasteiger partial charge in [-0.1, -0.05) is 12.1 Å². The molecule has 0 bridgehead atoms. The molecule has 1 atom stereocenters. The fraction of sp³-hybridized carbons (Fsp3) is 0.200. The number of ether oxygens (including phenoxy) is 1. The molecule has 1 N–H and O–H groups in total. The van der Waals surface area contributed by atoms with Gasteiger partial charge in [-0.2, -0.15) is 4.39 Å². The van der Waals surface area contributed by atoms with E-state index in [0.717, 1.165) is 17.4 Å². The standard InChI is InChI=1S/C15H15FN2O3/c1-10(11-4-3-5-13(8-11)21-2)17-12-6-7-14(16)15(9-12)18(19)20/h3-10,17H,1-2H3. The number of halogens is 1. The van der Waals surface area contributed by atoms with Crippen molar-refractivity contribution >= 4 is 11.4 Å². The molecule has 21 heavy (non-hydrogen) atoms. The summed E-state index contributed by atoms with van der Waals surface area (Å²) >= 11 is 0. The topological polar surface area (TPSA) is 64.4 Å². The van der Waals surface area contributed by atoms with Gasteiger partial charge in [-0.25, -0.2) is 0 Å². The summed E-state index contributed by atoms with van der Waals surface area (Å²) in [5.74, 6) is -0.120. The van der Waals surface area contributed by atoms with E-state index in [9.17, 15) is 14.5 Å². The number of rotatable bonds is 5. The van der Waals surface area contributed by atoms with Crippen LogP contribution in [-0.4, -0.2) is 12.0 Å². The van der Waals surface area contributed by atoms with E-state index in [1.807, 2.05) is 31.2 Å². The number of methoxy groups -OCH3 is 1. The van der Waals surface area contributed by atoms with Crippen molar-refractivity contribution in [3.63, 3.8) is 0 Å². The first-order chi connectivity index (χ1) is 10.0. The van der Waals surface area contributed by atoms with Crippen LogP contribution in [0.1, 0.15) is 18.5 Å². The molecule has 110 valence electrons. The van der Waals surface area contributed by atoms with Crippen LogP contribution in [0.3, 0.4) is 0 Å². The summed E-state index contributed by atoms with van der Waals surface area (Å²) in [7, 11) is 1.58. The van der Waals surface area contributed by atoms with E-state index in [2.05, 4.69) is 5.32 Å². The van der Waals surface area contributed by atoms with Crippen LogP contribution in [-0.2, 0) is 0 Å². The van der Waals surface area contributed by atoms with E-state index in [-0.39, 0.29) is 6.04 Å². The highest BCUT2D eigenvalue weighted by molar-refractivity contribution is 5.53. The Balaban J connectivity index is 2.21. The number of benzene rings is 2. The number of hydrogen-bond acceptors (Lipinski definition) is 4. The Bertz CT molecular complexity index is 661. The minimum Gasteiger partial charge on any atom is -0.497 e. The highest BCUT2D eigenvalue weighted by atomic mass is 19.1. The largest absolute Gasteiger partial charge is 0.497 e. The fourth-order valence-corrected chi connectivity index (χ4v) is 1.99. The van der Waals surface area contributed by atoms with Gasteiger partial charge >= 0.3 is 5.69 Å². The van der Waals surface area contributed by atoms with Crippen LogP contribution in [0.15, 0.2) is 42.5 Å². The predicted molar refractivity (Wildman–Crippen MR) is 78.1 cm³/mol. The quantitative estimate of drug-likeness (QED) is 0.669. The van der Waals surface area contributed by atoms with E-state index in [1.165, 1.54) is 12.1 Å². The van der Waals surface area contributed by atoms with Gasteiger partial charge in [0.1, 0.15) is 5.75 Å². The number of nitro benzene ring substituents is 1. The van der Waals surface area contributed by atoms with Gasteiger partial charge < -0.3 is 10.1 Å². The van der Waals surface area contributed by atoms with Gasteiger partial charge in [0.05, 0.1) is 12.0 Å². The summed E-state index contributed by atoms with van der Waals surface area (Å²) in [5, 5.41) is 13.8. The van der Waals surface area contributed by atoms with Crippen molar-refractivity contribution < 1.29 is 14.1 Å². The minimum absolute atomic E-state index is 0.106. The molecule has 0 amide bonds. The normalized spacial score (nSPS) is 11.8. The van der Waals surface area contributed by atoms with E-state index >= 15 is 0 Å². The van der Waals surface area contributed by atoms with Gasteiger partial charge in [-0.15, -0.1) is 0 Å². The second-order valence-electron chi connectivity index (χ2n) is 4.57. The van der Waals surface area contributed by atoms with Crippen molar-refractivity contribution in [1.82, 2.24) is 0 Å². The van der Waals surface area contributed by atoms with Crippen LogP contribution in [0.25, 0.3) is 0 Å². The Morgan fingerprint density at radius 2 is 2.05 bits per heavy atom. The molecule has 0 aliphatic heterocycles. The highest BCUT2D eigenvalue weighted by Crippen LogP contribution is 2.26. The van der Waals surface area contributed by atoms with Crippen LogP contribution < -0.4 is 10.1 Å². The van der Waals surface area contributed by atoms with Crippen molar-refractivity contribution in [1.29, 1.82) is 0 Å². The van der Waals surface area contributed by atoms with Crippen molar-refractivity contribution in [2.75, 3.05) is 12.4 Å². The number of nitro groups is 1. The smallest absolute Gasteiger partial charge is 0.306 e. The third-order valence-electron chi connectivity index (χ3n) is 3.12. The maximum Gasteiger partial charge on any atom is 0.306 e. The summed E-state index contributed by atoms with van der Waals surface area (Å²) in [6, 6.07) is 11.1. The summed E-state index contributed by atoms with van der Waals surface area (Å²) in [6.45, 7) is 1.91. The lowest BCUT2D eigenvalue weighted by Gasteiger charge is -2.16. The molecule has 2 aromatic rings. The molecular formula is C15H15FN2O3. The first-order valence-corrected chi connectivity index (χ1v) is 6.35. The van der Waals surface area contributed by atoms with E-state index in [4.69, 9.17) is 4.74 Å². The maximum absolute atomic E-state index is 13.3. The average molecular weight is 290 g/mol. The monoisotopic (exact) mass is 290 g/mol. The molecule has 0 spiro atoms. The Kier molecular flexibility index (Phi) is 4.37. The Morgan fingerprint density at radius 1 is 1.29 bits per heavy atom. The van der Waals surface area contributed by atoms with Crippen LogP contribution in [0, 0.1) is 15.9 Å². The molecule has 0 saturated heterocycles. The van der Waals surface area contributed by atoms with Gasteiger partial charge in [0.15, 0.2) is 0 Å². The molecule has 0 saturated carbocycles. The van der Waals surface area contributed by atoms with Gasteiger partial charge in [-0.3, -0.25) is 10.1 Å². The molecule has 1 unspecified atom stereocenters. The molecule has 0 aliphatic carbocycles. The van der Waals surface area contributed by atoms with E-state index in [0.29, 0.717) is 5.69 Å². The zero-order chi connectivity index (χ0) is 15.4. The average Bonchev–Trinajstić information content (AvgIpc) is 2.49. The van der Waals surface area contributed by atoms with Crippen molar-refractivity contribution in [3.05, 3.63) is 64.0 Å². The second kappa shape index (κ2) is 6.21. The molecule has 2 rings (SSSR count). The lowest BCUT2D eigenvalue weighted by atomic mass is 10.1. The second-order valence-corrected chi connectivity index (χ2v) is 4.57. The van der Waals surface area contributed by atoms with E-state index < -0.39 is 16.4 Å². The van der Waals surface area contributed by atoms with Crippen molar-refractivity contribution in [2.45, 2.75) is 13.0 Å². The van der Waals surface area contributed by atoms with Crippen LogP contribution >= 0.6 is 0 Å². The molecule has 2 aromatic carbocycles. The van der Waals surface area contributed by atoms with Crippen LogP contribution in [0.4, 0.5) is 15.8 Å². The molecule has 0 heterocycles. The minimum atomic E-state index is -0.848. The van der Waals surface area contributed by atoms with Gasteiger partial charge in [0.2, 0.25) is 5.82 Å². The molecular weight excluding hydrogens is 275 g/mol. The molecule has 0 aliphatic rings. The van der Waals surface area contributed by atoms with Crippen molar-refractivity contribution in [3.8, 4) is 5.75 Å². The Morgan fingerprint density at radius 3 is 2.71 bits per heavy atom. The van der Waals surface area contributed by atoms with Crippen LogP contribution in [0.5, 0.6) is 5.75 Å². The zero-order valence-electron chi connectivity index (χ0n) is 11.7. The molecule has 0 fully saturated rings. The summed E-state index contributed by atoms with van der Waals surface area (Å²) in [6.07, 6.45) is 0. The summed E-state index contributed by atoms with van der Waals surface area (Å²) in [5.41, 5.74) is 0.901. The number of nitrogens with one attached hydrogen (secondary N) is 1. The summed E-state index contributed by atoms with van der Waals surface area (Å²) < 4.78 is 18.4. The molecule has 5 nitrogen and oxygen atoms in total. The highest BCUT2D eigenvalue weighted by Gasteiger charge is 2.15. The maximum atomic E-state index is 13.3. The third kappa shape index (κ3) is 3.47. The van der Waals surface area contributed by atoms with Crippen molar-refractivity contribution in [2.24, 2.45) is 0 Å². The van der Waals surface area contributed by atoms with Gasteiger partial charge in [-0.05, 0) is 36.8 Å². The number of hydrogen-bond donors (Lipinski definition) is 1. The SMILES string of the molecule is COc1cccc(C(C)Nc2ccc(F)c([N+](=O)[O-])c2)c1. The lowest BCUT2D eigenvalue weighted by Crippen LogP contribution is -2.07. The zero-order valence-corrected chi connectivity index (χ0v) is 11.7. The van der Waals surface area contributed by atoms with E-state index in [1.54, 1.807) is 7.11 Å². The lowest BCUT2D eigenvalue weighted by molar-refractivity contribution is -0.387.